The van der Waals surface area contributed by atoms with Gasteiger partial charge in [0.05, 0.1) is 28.9 Å². The number of aromatic nitrogens is 1. The number of nitrogens with one attached hydrogen (secondary N) is 3. The van der Waals surface area contributed by atoms with Gasteiger partial charge >= 0.3 is 6.09 Å². The fraction of sp³-hybridized carbons (Fsp3) is 0.276. The minimum Gasteiger partial charge on any atom is -0.450 e. The lowest BCUT2D eigenvalue weighted by atomic mass is 10.0. The highest BCUT2D eigenvalue weighted by atomic mass is 16.5. The quantitative estimate of drug-likeness (QED) is 0.273. The van der Waals surface area contributed by atoms with Gasteiger partial charge in [-0.15, -0.1) is 0 Å². The first kappa shape index (κ1) is 25.9. The number of anilines is 3. The van der Waals surface area contributed by atoms with Crippen LogP contribution < -0.4 is 16.0 Å². The number of carbonyl (C=O) groups excluding carboxylic acids is 2. The molecule has 0 saturated carbocycles. The normalized spacial score (nSPS) is 11.1. The summed E-state index contributed by atoms with van der Waals surface area (Å²) >= 11 is 0. The van der Waals surface area contributed by atoms with Crippen LogP contribution in [0.25, 0.3) is 21.8 Å². The topological polar surface area (TPSA) is 95.6 Å². The van der Waals surface area contributed by atoms with Crippen LogP contribution in [-0.4, -0.2) is 55.7 Å². The van der Waals surface area contributed by atoms with E-state index in [2.05, 4.69) is 16.0 Å². The summed E-state index contributed by atoms with van der Waals surface area (Å²) in [7, 11) is 3.94. The summed E-state index contributed by atoms with van der Waals surface area (Å²) in [5, 5.41) is 11.2. The Kier molecular flexibility index (Phi) is 7.89. The molecule has 3 N–H and O–H groups in total. The fourth-order valence-electron chi connectivity index (χ4n) is 4.26. The van der Waals surface area contributed by atoms with Gasteiger partial charge in [-0.2, -0.15) is 0 Å². The van der Waals surface area contributed by atoms with E-state index in [0.29, 0.717) is 29.9 Å². The second-order valence-electron chi connectivity index (χ2n) is 9.17. The highest BCUT2D eigenvalue weighted by Crippen LogP contribution is 2.37. The predicted octanol–water partition coefficient (Wildman–Crippen LogP) is 5.61. The molecule has 8 heteroatoms. The van der Waals surface area contributed by atoms with Crippen molar-refractivity contribution in [3.05, 3.63) is 71.3 Å². The molecule has 0 aliphatic heterocycles. The minimum absolute atomic E-state index is 0.157. The van der Waals surface area contributed by atoms with Crippen LogP contribution in [-0.2, 0) is 4.74 Å². The Morgan fingerprint density at radius 3 is 2.32 bits per heavy atom. The van der Waals surface area contributed by atoms with Gasteiger partial charge in [-0.1, -0.05) is 36.4 Å². The highest BCUT2D eigenvalue weighted by Gasteiger charge is 2.18. The van der Waals surface area contributed by atoms with E-state index in [1.807, 2.05) is 87.4 Å². The zero-order valence-electron chi connectivity index (χ0n) is 21.9. The van der Waals surface area contributed by atoms with Crippen molar-refractivity contribution in [1.82, 2.24) is 15.2 Å². The third kappa shape index (κ3) is 5.65. The molecule has 8 nitrogen and oxygen atoms in total. The number of carbonyl (C=O) groups is 2. The van der Waals surface area contributed by atoms with Crippen LogP contribution in [0, 0.1) is 13.8 Å². The van der Waals surface area contributed by atoms with Crippen LogP contribution >= 0.6 is 0 Å². The molecule has 0 unspecified atom stereocenters. The Bertz CT molecular complexity index is 1470. The smallest absolute Gasteiger partial charge is 0.411 e. The molecule has 192 valence electrons. The molecule has 2 amide bonds. The van der Waals surface area contributed by atoms with E-state index in [0.717, 1.165) is 45.3 Å². The van der Waals surface area contributed by atoms with Gasteiger partial charge < -0.3 is 20.3 Å². The van der Waals surface area contributed by atoms with Crippen molar-refractivity contribution in [2.45, 2.75) is 20.8 Å². The molecule has 0 atom stereocenters. The van der Waals surface area contributed by atoms with E-state index in [4.69, 9.17) is 9.72 Å². The lowest BCUT2D eigenvalue weighted by Gasteiger charge is -2.18. The molecule has 37 heavy (non-hydrogen) atoms. The summed E-state index contributed by atoms with van der Waals surface area (Å²) < 4.78 is 5.04. The fourth-order valence-corrected chi connectivity index (χ4v) is 4.26. The van der Waals surface area contributed by atoms with Crippen molar-refractivity contribution in [3.8, 4) is 0 Å². The van der Waals surface area contributed by atoms with Crippen molar-refractivity contribution in [2.24, 2.45) is 0 Å². The molecule has 3 aromatic carbocycles. The predicted molar refractivity (Wildman–Crippen MR) is 150 cm³/mol. The van der Waals surface area contributed by atoms with Crippen LogP contribution in [0.4, 0.5) is 21.9 Å². The van der Waals surface area contributed by atoms with Gasteiger partial charge in [0, 0.05) is 35.2 Å². The van der Waals surface area contributed by atoms with Crippen molar-refractivity contribution < 1.29 is 14.3 Å². The summed E-state index contributed by atoms with van der Waals surface area (Å²) in [6.07, 6.45) is -0.497. The van der Waals surface area contributed by atoms with Gasteiger partial charge in [0.25, 0.3) is 5.91 Å². The van der Waals surface area contributed by atoms with Gasteiger partial charge in [0.2, 0.25) is 0 Å². The molecule has 0 saturated heterocycles. The second-order valence-corrected chi connectivity index (χ2v) is 9.17. The van der Waals surface area contributed by atoms with E-state index in [1.165, 1.54) is 0 Å². The number of likely N-dealkylation sites (N-methyl/N-ethyl adjacent to an activating group) is 1. The van der Waals surface area contributed by atoms with E-state index in [1.54, 1.807) is 6.92 Å². The zero-order chi connectivity index (χ0) is 26.5. The largest absolute Gasteiger partial charge is 0.450 e. The highest BCUT2D eigenvalue weighted by molar-refractivity contribution is 6.15. The number of fused-ring (bicyclic) bond motifs is 2. The number of benzene rings is 3. The molecule has 0 bridgehead atoms. The van der Waals surface area contributed by atoms with E-state index in [9.17, 15) is 9.59 Å². The Balaban J connectivity index is 1.83. The number of para-hydroxylation sites is 2. The molecule has 0 fully saturated rings. The molecule has 0 spiro atoms. The SMILES string of the molecule is CCOC(=O)Nc1cccc(Nc2c3cccc(C)c3nc3c(C(=O)NCCN(C)C)cccc23)c1C. The summed E-state index contributed by atoms with van der Waals surface area (Å²) in [6, 6.07) is 17.4. The number of hydrogen-bond donors (Lipinski definition) is 3. The summed E-state index contributed by atoms with van der Waals surface area (Å²) in [6.45, 7) is 7.29. The van der Waals surface area contributed by atoms with Gasteiger partial charge in [0.15, 0.2) is 0 Å². The Labute approximate surface area is 217 Å². The van der Waals surface area contributed by atoms with E-state index < -0.39 is 6.09 Å². The van der Waals surface area contributed by atoms with Crippen molar-refractivity contribution in [1.29, 1.82) is 0 Å². The lowest BCUT2D eigenvalue weighted by Crippen LogP contribution is -2.31. The number of aryl methyl sites for hydroxylation is 1. The summed E-state index contributed by atoms with van der Waals surface area (Å²) in [5.41, 5.74) is 6.19. The van der Waals surface area contributed by atoms with Gasteiger partial charge in [-0.05, 0) is 64.2 Å². The standard InChI is InChI=1S/C29H33N5O3/c1-6-37-29(36)32-24-15-9-14-23(19(24)3)31-26-20-11-7-10-18(2)25(20)33-27-21(26)12-8-13-22(27)28(35)30-16-17-34(4)5/h7-15H,6,16-17H2,1-5H3,(H,30,35)(H,31,33)(H,32,36). The summed E-state index contributed by atoms with van der Waals surface area (Å²) in [5.74, 6) is -0.157. The Morgan fingerprint density at radius 1 is 0.919 bits per heavy atom. The van der Waals surface area contributed by atoms with Gasteiger partial charge in [-0.25, -0.2) is 9.78 Å². The van der Waals surface area contributed by atoms with Crippen LogP contribution in [0.2, 0.25) is 0 Å². The zero-order valence-corrected chi connectivity index (χ0v) is 21.9. The average molecular weight is 500 g/mol. The van der Waals surface area contributed by atoms with Gasteiger partial charge in [-0.3, -0.25) is 10.1 Å². The summed E-state index contributed by atoms with van der Waals surface area (Å²) in [4.78, 5) is 32.2. The maximum absolute atomic E-state index is 13.1. The Hall–Kier alpha value is -4.17. The van der Waals surface area contributed by atoms with Crippen molar-refractivity contribution in [2.75, 3.05) is 44.4 Å². The number of hydrogen-bond acceptors (Lipinski definition) is 6. The lowest BCUT2D eigenvalue weighted by molar-refractivity contribution is 0.0952. The van der Waals surface area contributed by atoms with E-state index in [-0.39, 0.29) is 5.91 Å². The number of amides is 2. The third-order valence-corrected chi connectivity index (χ3v) is 6.23. The molecule has 1 aromatic heterocycles. The second kappa shape index (κ2) is 11.3. The molecule has 0 radical (unpaired) electrons. The first-order valence-corrected chi connectivity index (χ1v) is 12.4. The van der Waals surface area contributed by atoms with Crippen LogP contribution in [0.1, 0.15) is 28.4 Å². The molecule has 0 aliphatic carbocycles. The number of nitrogens with zero attached hydrogens (tertiary/aromatic N) is 2. The van der Waals surface area contributed by atoms with Crippen LogP contribution in [0.3, 0.4) is 0 Å². The average Bonchev–Trinajstić information content (AvgIpc) is 2.86. The van der Waals surface area contributed by atoms with Crippen LogP contribution in [0.15, 0.2) is 54.6 Å². The maximum atomic E-state index is 13.1. The third-order valence-electron chi connectivity index (χ3n) is 6.23. The van der Waals surface area contributed by atoms with E-state index >= 15 is 0 Å². The molecule has 4 aromatic rings. The molecule has 1 heterocycles. The van der Waals surface area contributed by atoms with Crippen molar-refractivity contribution >= 4 is 50.9 Å². The van der Waals surface area contributed by atoms with Crippen LogP contribution in [0.5, 0.6) is 0 Å². The van der Waals surface area contributed by atoms with Gasteiger partial charge in [0.1, 0.15) is 0 Å². The minimum atomic E-state index is -0.497. The number of ether oxygens (including phenoxy) is 1. The Morgan fingerprint density at radius 2 is 1.59 bits per heavy atom. The molecular weight excluding hydrogens is 466 g/mol. The number of pyridine rings is 1. The first-order chi connectivity index (χ1) is 17.8. The number of rotatable bonds is 8. The molecular formula is C29H33N5O3. The van der Waals surface area contributed by atoms with Crippen molar-refractivity contribution in [3.63, 3.8) is 0 Å². The molecule has 4 rings (SSSR count). The molecule has 0 aliphatic rings. The maximum Gasteiger partial charge on any atom is 0.411 e. The monoisotopic (exact) mass is 499 g/mol. The first-order valence-electron chi connectivity index (χ1n) is 12.4.